The van der Waals surface area contributed by atoms with Crippen molar-refractivity contribution in [3.8, 4) is 6.07 Å². The number of rotatable bonds is 2. The van der Waals surface area contributed by atoms with Gasteiger partial charge in [-0.25, -0.2) is 0 Å². The highest BCUT2D eigenvalue weighted by atomic mass is 32.1. The fourth-order valence-corrected chi connectivity index (χ4v) is 1.65. The van der Waals surface area contributed by atoms with Crippen LogP contribution in [0.25, 0.3) is 6.08 Å². The maximum absolute atomic E-state index is 8.26. The van der Waals surface area contributed by atoms with Crippen LogP contribution in [0.15, 0.2) is 18.2 Å². The molecule has 56 valence electrons. The Bertz CT molecular complexity index is 291. The molecule has 0 spiro atoms. The van der Waals surface area contributed by atoms with E-state index in [-0.39, 0.29) is 0 Å². The number of allylic oxidation sites excluding steroid dienone is 1. The molecular weight excluding hydrogens is 154 g/mol. The molecule has 1 heterocycles. The van der Waals surface area contributed by atoms with Gasteiger partial charge in [0, 0.05) is 15.8 Å². The van der Waals surface area contributed by atoms with Gasteiger partial charge in [-0.05, 0) is 24.6 Å². The number of nitriles is 1. The van der Waals surface area contributed by atoms with E-state index in [4.69, 9.17) is 5.26 Å². The summed E-state index contributed by atoms with van der Waals surface area (Å²) in [7, 11) is 0. The number of hydrogen-bond donors (Lipinski definition) is 0. The normalized spacial score (nSPS) is 10.2. The Balaban J connectivity index is 2.74. The molecule has 0 atom stereocenters. The first-order chi connectivity index (χ1) is 5.36. The molecule has 0 saturated carbocycles. The summed E-state index contributed by atoms with van der Waals surface area (Å²) < 4.78 is 0. The second-order valence-corrected chi connectivity index (χ2v) is 3.32. The van der Waals surface area contributed by atoms with Crippen molar-refractivity contribution in [2.75, 3.05) is 0 Å². The van der Waals surface area contributed by atoms with Gasteiger partial charge in [0.05, 0.1) is 6.07 Å². The van der Waals surface area contributed by atoms with E-state index in [1.807, 2.05) is 18.2 Å². The van der Waals surface area contributed by atoms with Crippen LogP contribution in [0, 0.1) is 11.3 Å². The molecule has 0 saturated heterocycles. The second-order valence-electron chi connectivity index (χ2n) is 2.12. The lowest BCUT2D eigenvalue weighted by molar-refractivity contribution is 1.19. The van der Waals surface area contributed by atoms with Gasteiger partial charge >= 0.3 is 0 Å². The third kappa shape index (κ3) is 2.21. The quantitative estimate of drug-likeness (QED) is 0.615. The lowest BCUT2D eigenvalue weighted by atomic mass is 10.3. The minimum absolute atomic E-state index is 1.07. The third-order valence-electron chi connectivity index (χ3n) is 1.35. The second kappa shape index (κ2) is 3.95. The van der Waals surface area contributed by atoms with E-state index in [0.717, 1.165) is 11.3 Å². The summed E-state index contributed by atoms with van der Waals surface area (Å²) in [5.41, 5.74) is 0. The average molecular weight is 163 g/mol. The molecule has 0 aromatic carbocycles. The van der Waals surface area contributed by atoms with Crippen molar-refractivity contribution in [2.24, 2.45) is 0 Å². The maximum Gasteiger partial charge on any atom is 0.0912 e. The molecule has 0 aliphatic heterocycles. The molecule has 11 heavy (non-hydrogen) atoms. The van der Waals surface area contributed by atoms with Crippen molar-refractivity contribution < 1.29 is 0 Å². The van der Waals surface area contributed by atoms with Crippen LogP contribution in [-0.2, 0) is 6.42 Å². The van der Waals surface area contributed by atoms with Crippen LogP contribution in [0.4, 0.5) is 0 Å². The van der Waals surface area contributed by atoms with Crippen LogP contribution in [0.2, 0.25) is 0 Å². The van der Waals surface area contributed by atoms with Crippen LogP contribution < -0.4 is 0 Å². The maximum atomic E-state index is 8.26. The van der Waals surface area contributed by atoms with E-state index in [0.29, 0.717) is 0 Å². The Morgan fingerprint density at radius 1 is 1.64 bits per heavy atom. The topological polar surface area (TPSA) is 23.8 Å². The van der Waals surface area contributed by atoms with Crippen LogP contribution >= 0.6 is 11.3 Å². The Hall–Kier alpha value is -1.07. The number of nitrogens with zero attached hydrogens (tertiary/aromatic N) is 1. The molecule has 0 fully saturated rings. The zero-order chi connectivity index (χ0) is 8.10. The lowest BCUT2D eigenvalue weighted by Gasteiger charge is -1.82. The predicted molar refractivity (Wildman–Crippen MR) is 48.3 cm³/mol. The van der Waals surface area contributed by atoms with Gasteiger partial charge in [0.25, 0.3) is 0 Å². The average Bonchev–Trinajstić information content (AvgIpc) is 2.48. The molecule has 0 bridgehead atoms. The van der Waals surface area contributed by atoms with Gasteiger partial charge in [-0.2, -0.15) is 5.26 Å². The standard InChI is InChI=1S/C9H9NS/c1-2-8-5-6-9(11-8)4-3-7-10/h3-6H,2H2,1H3. The van der Waals surface area contributed by atoms with Gasteiger partial charge in [-0.1, -0.05) is 6.92 Å². The highest BCUT2D eigenvalue weighted by Gasteiger charge is 1.92. The zero-order valence-electron chi connectivity index (χ0n) is 6.37. The zero-order valence-corrected chi connectivity index (χ0v) is 7.19. The highest BCUT2D eigenvalue weighted by molar-refractivity contribution is 7.12. The minimum atomic E-state index is 1.07. The van der Waals surface area contributed by atoms with E-state index >= 15 is 0 Å². The summed E-state index contributed by atoms with van der Waals surface area (Å²) >= 11 is 1.73. The Morgan fingerprint density at radius 3 is 3.00 bits per heavy atom. The summed E-state index contributed by atoms with van der Waals surface area (Å²) in [4.78, 5) is 2.52. The van der Waals surface area contributed by atoms with Gasteiger partial charge < -0.3 is 0 Å². The number of thiophene rings is 1. The lowest BCUT2D eigenvalue weighted by Crippen LogP contribution is -1.63. The number of aryl methyl sites for hydroxylation is 1. The minimum Gasteiger partial charge on any atom is -0.193 e. The van der Waals surface area contributed by atoms with Crippen molar-refractivity contribution in [1.29, 1.82) is 5.26 Å². The van der Waals surface area contributed by atoms with E-state index in [1.54, 1.807) is 11.3 Å². The van der Waals surface area contributed by atoms with Gasteiger partial charge in [0.1, 0.15) is 0 Å². The number of hydrogen-bond acceptors (Lipinski definition) is 2. The fourth-order valence-electron chi connectivity index (χ4n) is 0.793. The van der Waals surface area contributed by atoms with Crippen LogP contribution in [0.3, 0.4) is 0 Å². The Labute approximate surface area is 70.6 Å². The molecule has 1 rings (SSSR count). The molecule has 1 aromatic rings. The molecule has 1 nitrogen and oxygen atoms in total. The highest BCUT2D eigenvalue weighted by Crippen LogP contribution is 2.17. The molecule has 0 amide bonds. The molecule has 2 heteroatoms. The SMILES string of the molecule is CCc1ccc(C=CC#N)s1. The van der Waals surface area contributed by atoms with Crippen molar-refractivity contribution in [2.45, 2.75) is 13.3 Å². The smallest absolute Gasteiger partial charge is 0.0912 e. The Morgan fingerprint density at radius 2 is 2.45 bits per heavy atom. The van der Waals surface area contributed by atoms with E-state index in [2.05, 4.69) is 13.0 Å². The van der Waals surface area contributed by atoms with Crippen LogP contribution in [0.1, 0.15) is 16.7 Å². The molecular formula is C9H9NS. The third-order valence-corrected chi connectivity index (χ3v) is 2.55. The van der Waals surface area contributed by atoms with Crippen molar-refractivity contribution in [3.63, 3.8) is 0 Å². The molecule has 0 aliphatic rings. The van der Waals surface area contributed by atoms with Crippen LogP contribution in [-0.4, -0.2) is 0 Å². The molecule has 0 unspecified atom stereocenters. The first-order valence-corrected chi connectivity index (χ1v) is 4.33. The first kappa shape index (κ1) is 8.03. The molecule has 1 aromatic heterocycles. The van der Waals surface area contributed by atoms with Gasteiger partial charge in [-0.3, -0.25) is 0 Å². The monoisotopic (exact) mass is 163 g/mol. The van der Waals surface area contributed by atoms with Gasteiger partial charge in [0.2, 0.25) is 0 Å². The Kier molecular flexibility index (Phi) is 2.88. The summed E-state index contributed by atoms with van der Waals surface area (Å²) in [6.07, 6.45) is 4.42. The summed E-state index contributed by atoms with van der Waals surface area (Å²) in [6, 6.07) is 6.11. The molecule has 0 aliphatic carbocycles. The van der Waals surface area contributed by atoms with E-state index < -0.39 is 0 Å². The van der Waals surface area contributed by atoms with Crippen molar-refractivity contribution in [3.05, 3.63) is 28.0 Å². The first-order valence-electron chi connectivity index (χ1n) is 3.51. The molecule has 0 N–H and O–H groups in total. The van der Waals surface area contributed by atoms with E-state index in [1.165, 1.54) is 11.0 Å². The van der Waals surface area contributed by atoms with Gasteiger partial charge in [0.15, 0.2) is 0 Å². The molecule has 0 radical (unpaired) electrons. The summed E-state index contributed by atoms with van der Waals surface area (Å²) in [5, 5.41) is 8.26. The van der Waals surface area contributed by atoms with Crippen molar-refractivity contribution >= 4 is 17.4 Å². The summed E-state index contributed by atoms with van der Waals surface area (Å²) in [5.74, 6) is 0. The van der Waals surface area contributed by atoms with Crippen LogP contribution in [0.5, 0.6) is 0 Å². The fraction of sp³-hybridized carbons (Fsp3) is 0.222. The van der Waals surface area contributed by atoms with Gasteiger partial charge in [-0.15, -0.1) is 11.3 Å². The largest absolute Gasteiger partial charge is 0.193 e. The summed E-state index contributed by atoms with van der Waals surface area (Å²) in [6.45, 7) is 2.13. The van der Waals surface area contributed by atoms with Crippen molar-refractivity contribution in [1.82, 2.24) is 0 Å². The van der Waals surface area contributed by atoms with E-state index in [9.17, 15) is 0 Å². The predicted octanol–water partition coefficient (Wildman–Crippen LogP) is 2.85.